The Balaban J connectivity index is 0.00000210. The van der Waals surface area contributed by atoms with Crippen LogP contribution >= 0.6 is 12.4 Å². The summed E-state index contributed by atoms with van der Waals surface area (Å²) in [6.45, 7) is 1.87. The van der Waals surface area contributed by atoms with Crippen molar-refractivity contribution in [1.82, 2.24) is 15.0 Å². The lowest BCUT2D eigenvalue weighted by Crippen LogP contribution is -2.39. The predicted molar refractivity (Wildman–Crippen MR) is 105 cm³/mol. The van der Waals surface area contributed by atoms with Gasteiger partial charge in [-0.3, -0.25) is 4.90 Å². The summed E-state index contributed by atoms with van der Waals surface area (Å²) in [5.74, 6) is 1.55. The highest BCUT2D eigenvalue weighted by molar-refractivity contribution is 7.91. The predicted octanol–water partition coefficient (Wildman–Crippen LogP) is 2.12. The van der Waals surface area contributed by atoms with Crippen molar-refractivity contribution in [1.29, 1.82) is 0 Å². The van der Waals surface area contributed by atoms with E-state index in [9.17, 15) is 8.42 Å². The smallest absolute Gasteiger partial charge is 0.258 e. The molecule has 0 amide bonds. The molecule has 7 nitrogen and oxygen atoms in total. The summed E-state index contributed by atoms with van der Waals surface area (Å²) in [7, 11) is -2.86. The van der Waals surface area contributed by atoms with Crippen LogP contribution in [-0.4, -0.2) is 48.1 Å². The average Bonchev–Trinajstić information content (AvgIpc) is 3.27. The van der Waals surface area contributed by atoms with Gasteiger partial charge < -0.3 is 10.3 Å². The van der Waals surface area contributed by atoms with E-state index in [0.717, 1.165) is 36.8 Å². The van der Waals surface area contributed by atoms with Crippen molar-refractivity contribution in [2.24, 2.45) is 5.73 Å². The number of hydrogen-bond acceptors (Lipinski definition) is 7. The SMILES string of the molecule is Cl.NC1(c2noc(-c3cccc(CN4CCS(=O)(=O)CC4)c3)n2)CCCC1. The second-order valence-corrected chi connectivity index (χ2v) is 9.72. The van der Waals surface area contributed by atoms with Gasteiger partial charge in [0.1, 0.15) is 0 Å². The summed E-state index contributed by atoms with van der Waals surface area (Å²) in [6.07, 6.45) is 3.98. The Kier molecular flexibility index (Phi) is 5.90. The molecule has 2 N–H and O–H groups in total. The van der Waals surface area contributed by atoms with Gasteiger partial charge in [0.15, 0.2) is 15.7 Å². The van der Waals surface area contributed by atoms with Crippen molar-refractivity contribution in [3.8, 4) is 11.5 Å². The molecule has 2 heterocycles. The van der Waals surface area contributed by atoms with Gasteiger partial charge >= 0.3 is 0 Å². The fourth-order valence-electron chi connectivity index (χ4n) is 3.74. The highest BCUT2D eigenvalue weighted by Gasteiger charge is 2.36. The number of aromatic nitrogens is 2. The van der Waals surface area contributed by atoms with E-state index in [1.54, 1.807) is 0 Å². The van der Waals surface area contributed by atoms with Crippen LogP contribution in [0.25, 0.3) is 11.5 Å². The first-order valence-electron chi connectivity index (χ1n) is 9.09. The number of nitrogens with two attached hydrogens (primary N) is 1. The number of nitrogens with zero attached hydrogens (tertiary/aromatic N) is 3. The minimum atomic E-state index is -2.86. The minimum absolute atomic E-state index is 0. The third-order valence-electron chi connectivity index (χ3n) is 5.38. The van der Waals surface area contributed by atoms with E-state index < -0.39 is 15.4 Å². The van der Waals surface area contributed by atoms with E-state index in [2.05, 4.69) is 15.0 Å². The first-order valence-corrected chi connectivity index (χ1v) is 10.9. The zero-order valence-corrected chi connectivity index (χ0v) is 16.8. The van der Waals surface area contributed by atoms with Crippen molar-refractivity contribution in [2.75, 3.05) is 24.6 Å². The van der Waals surface area contributed by atoms with Crippen LogP contribution in [0, 0.1) is 0 Å². The van der Waals surface area contributed by atoms with Crippen molar-refractivity contribution >= 4 is 22.2 Å². The van der Waals surface area contributed by atoms with Gasteiger partial charge in [0.2, 0.25) is 0 Å². The van der Waals surface area contributed by atoms with Crippen LogP contribution in [0.3, 0.4) is 0 Å². The largest absolute Gasteiger partial charge is 0.334 e. The number of halogens is 1. The van der Waals surface area contributed by atoms with Gasteiger partial charge in [0.05, 0.1) is 17.0 Å². The molecular weight excluding hydrogens is 388 g/mol. The summed E-state index contributed by atoms with van der Waals surface area (Å²) in [5.41, 5.74) is 7.92. The molecule has 9 heteroatoms. The molecule has 0 spiro atoms. The third-order valence-corrected chi connectivity index (χ3v) is 6.99. The Bertz CT molecular complexity index is 880. The molecule has 1 aliphatic carbocycles. The zero-order valence-electron chi connectivity index (χ0n) is 15.1. The van der Waals surface area contributed by atoms with E-state index in [1.165, 1.54) is 0 Å². The number of sulfone groups is 1. The molecule has 1 aliphatic heterocycles. The maximum Gasteiger partial charge on any atom is 0.258 e. The van der Waals surface area contributed by atoms with Gasteiger partial charge in [-0.2, -0.15) is 4.98 Å². The summed E-state index contributed by atoms with van der Waals surface area (Å²) in [5, 5.41) is 4.12. The van der Waals surface area contributed by atoms with Gasteiger partial charge in [-0.25, -0.2) is 8.42 Å². The summed E-state index contributed by atoms with van der Waals surface area (Å²) in [4.78, 5) is 6.71. The number of rotatable bonds is 4. The molecule has 2 aromatic rings. The molecule has 1 aromatic heterocycles. The van der Waals surface area contributed by atoms with Crippen LogP contribution in [0.15, 0.2) is 28.8 Å². The Morgan fingerprint density at radius 2 is 1.89 bits per heavy atom. The maximum absolute atomic E-state index is 11.6. The van der Waals surface area contributed by atoms with Gasteiger partial charge in [-0.15, -0.1) is 12.4 Å². The number of hydrogen-bond donors (Lipinski definition) is 1. The van der Waals surface area contributed by atoms with Crippen LogP contribution in [0.4, 0.5) is 0 Å². The fraction of sp³-hybridized carbons (Fsp3) is 0.556. The topological polar surface area (TPSA) is 102 Å². The van der Waals surface area contributed by atoms with Gasteiger partial charge in [0, 0.05) is 25.2 Å². The molecule has 1 saturated heterocycles. The lowest BCUT2D eigenvalue weighted by molar-refractivity contribution is 0.287. The minimum Gasteiger partial charge on any atom is -0.334 e. The molecule has 0 unspecified atom stereocenters. The molecule has 27 heavy (non-hydrogen) atoms. The second kappa shape index (κ2) is 7.87. The molecule has 0 bridgehead atoms. The molecule has 1 aromatic carbocycles. The normalized spacial score (nSPS) is 21.7. The lowest BCUT2D eigenvalue weighted by Gasteiger charge is -2.26. The summed E-state index contributed by atoms with van der Waals surface area (Å²) < 4.78 is 28.6. The lowest BCUT2D eigenvalue weighted by atomic mass is 9.98. The van der Waals surface area contributed by atoms with E-state index >= 15 is 0 Å². The average molecular weight is 413 g/mol. The van der Waals surface area contributed by atoms with Crippen molar-refractivity contribution in [3.63, 3.8) is 0 Å². The standard InChI is InChI=1S/C18H24N4O3S.ClH/c19-18(6-1-2-7-18)17-20-16(25-21-17)15-5-3-4-14(12-15)13-22-8-10-26(23,24)11-9-22;/h3-5,12H,1-2,6-11,13,19H2;1H. The van der Waals surface area contributed by atoms with Crippen LogP contribution in [0.1, 0.15) is 37.1 Å². The van der Waals surface area contributed by atoms with Gasteiger partial charge in [-0.1, -0.05) is 30.1 Å². The highest BCUT2D eigenvalue weighted by atomic mass is 35.5. The first kappa shape index (κ1) is 20.3. The molecule has 1 saturated carbocycles. The Hall–Kier alpha value is -1.48. The van der Waals surface area contributed by atoms with Crippen LogP contribution in [-0.2, 0) is 21.9 Å². The van der Waals surface area contributed by atoms with Gasteiger partial charge in [-0.05, 0) is 30.5 Å². The maximum atomic E-state index is 11.6. The van der Waals surface area contributed by atoms with Gasteiger partial charge in [0.25, 0.3) is 5.89 Å². The highest BCUT2D eigenvalue weighted by Crippen LogP contribution is 2.35. The molecule has 2 fully saturated rings. The Labute approximate surface area is 165 Å². The van der Waals surface area contributed by atoms with Crippen molar-refractivity contribution in [3.05, 3.63) is 35.7 Å². The van der Waals surface area contributed by atoms with Crippen LogP contribution in [0.2, 0.25) is 0 Å². The molecule has 0 radical (unpaired) electrons. The quantitative estimate of drug-likeness (QED) is 0.820. The first-order chi connectivity index (χ1) is 12.4. The molecular formula is C18H25ClN4O3S. The van der Waals surface area contributed by atoms with Crippen LogP contribution in [0.5, 0.6) is 0 Å². The van der Waals surface area contributed by atoms with E-state index in [4.69, 9.17) is 10.3 Å². The zero-order chi connectivity index (χ0) is 18.2. The summed E-state index contributed by atoms with van der Waals surface area (Å²) >= 11 is 0. The van der Waals surface area contributed by atoms with E-state index in [0.29, 0.717) is 31.3 Å². The van der Waals surface area contributed by atoms with Crippen LogP contribution < -0.4 is 5.73 Å². The van der Waals surface area contributed by atoms with Crippen molar-refractivity contribution in [2.45, 2.75) is 37.8 Å². The molecule has 4 rings (SSSR count). The van der Waals surface area contributed by atoms with E-state index in [1.807, 2.05) is 24.3 Å². The molecule has 2 aliphatic rings. The van der Waals surface area contributed by atoms with E-state index in [-0.39, 0.29) is 23.9 Å². The Morgan fingerprint density at radius 3 is 2.59 bits per heavy atom. The number of benzene rings is 1. The third kappa shape index (κ3) is 4.51. The summed E-state index contributed by atoms with van der Waals surface area (Å²) in [6, 6.07) is 7.96. The molecule has 148 valence electrons. The molecule has 0 atom stereocenters. The monoisotopic (exact) mass is 412 g/mol. The van der Waals surface area contributed by atoms with Crippen molar-refractivity contribution < 1.29 is 12.9 Å². The fourth-order valence-corrected chi connectivity index (χ4v) is 5.02. The Morgan fingerprint density at radius 1 is 1.19 bits per heavy atom. The second-order valence-electron chi connectivity index (χ2n) is 7.41.